The lowest BCUT2D eigenvalue weighted by molar-refractivity contribution is -0.118. The van der Waals surface area contributed by atoms with Gasteiger partial charge in [-0.05, 0) is 61.2 Å². The van der Waals surface area contributed by atoms with Crippen molar-refractivity contribution < 1.29 is 9.53 Å². The second-order valence-corrected chi connectivity index (χ2v) is 8.97. The highest BCUT2D eigenvalue weighted by Crippen LogP contribution is 2.25. The molecule has 4 rings (SSSR count). The monoisotopic (exact) mass is 473 g/mol. The zero-order valence-corrected chi connectivity index (χ0v) is 20.3. The Morgan fingerprint density at radius 2 is 1.71 bits per heavy atom. The predicted molar refractivity (Wildman–Crippen MR) is 137 cm³/mol. The molecule has 1 N–H and O–H groups in total. The topological polar surface area (TPSA) is 73.2 Å². The second-order valence-electron chi connectivity index (χ2n) is 8.03. The number of ether oxygens (including phenoxy) is 1. The zero-order valence-electron chi connectivity index (χ0n) is 19.5. The highest BCUT2D eigenvalue weighted by atomic mass is 32.2. The van der Waals surface area contributed by atoms with E-state index < -0.39 is 0 Å². The first-order valence-corrected chi connectivity index (χ1v) is 12.1. The van der Waals surface area contributed by atoms with Crippen LogP contribution in [0.2, 0.25) is 0 Å². The van der Waals surface area contributed by atoms with Gasteiger partial charge < -0.3 is 10.1 Å². The Bertz CT molecular complexity index is 1360. The third-order valence-electron chi connectivity index (χ3n) is 5.64. The summed E-state index contributed by atoms with van der Waals surface area (Å²) in [5, 5.41) is 4.02. The van der Waals surface area contributed by atoms with Crippen molar-refractivity contribution in [2.45, 2.75) is 25.4 Å². The highest BCUT2D eigenvalue weighted by Gasteiger charge is 2.17. The van der Waals surface area contributed by atoms with Gasteiger partial charge in [0, 0.05) is 6.54 Å². The molecule has 0 aliphatic heterocycles. The standard InChI is InChI=1S/C27H27N3O3S/c1-18-7-6-8-19(2)25(18)30-26(32)22-9-4-5-10-23(22)29-27(30)34-17-24(31)28-16-15-20-11-13-21(33-3)14-12-20/h4-14H,15-17H2,1-3H3,(H,28,31). The molecule has 0 atom stereocenters. The van der Waals surface area contributed by atoms with Crippen LogP contribution in [-0.4, -0.2) is 34.9 Å². The van der Waals surface area contributed by atoms with Crippen molar-refractivity contribution in [1.82, 2.24) is 14.9 Å². The van der Waals surface area contributed by atoms with Crippen LogP contribution in [0.5, 0.6) is 5.75 Å². The number of para-hydroxylation sites is 2. The van der Waals surface area contributed by atoms with Gasteiger partial charge in [0.2, 0.25) is 5.91 Å². The fourth-order valence-electron chi connectivity index (χ4n) is 3.88. The summed E-state index contributed by atoms with van der Waals surface area (Å²) in [6.45, 7) is 4.48. The maximum absolute atomic E-state index is 13.5. The summed E-state index contributed by atoms with van der Waals surface area (Å²) in [6.07, 6.45) is 0.724. The Labute approximate surface area is 203 Å². The lowest BCUT2D eigenvalue weighted by Gasteiger charge is -2.17. The van der Waals surface area contributed by atoms with Gasteiger partial charge in [0.25, 0.3) is 5.56 Å². The minimum absolute atomic E-state index is 0.103. The number of nitrogens with zero attached hydrogens (tertiary/aromatic N) is 2. The van der Waals surface area contributed by atoms with E-state index in [0.717, 1.165) is 34.5 Å². The van der Waals surface area contributed by atoms with Crippen LogP contribution in [-0.2, 0) is 11.2 Å². The summed E-state index contributed by atoms with van der Waals surface area (Å²) in [4.78, 5) is 30.8. The van der Waals surface area contributed by atoms with Crippen LogP contribution in [0.3, 0.4) is 0 Å². The number of methoxy groups -OCH3 is 1. The molecule has 7 heteroatoms. The van der Waals surface area contributed by atoms with Crippen LogP contribution in [0.4, 0.5) is 0 Å². The lowest BCUT2D eigenvalue weighted by Crippen LogP contribution is -2.28. The molecule has 174 valence electrons. The number of rotatable bonds is 8. The Balaban J connectivity index is 1.53. The van der Waals surface area contributed by atoms with Gasteiger partial charge >= 0.3 is 0 Å². The van der Waals surface area contributed by atoms with Crippen molar-refractivity contribution >= 4 is 28.6 Å². The number of aryl methyl sites for hydroxylation is 2. The molecule has 3 aromatic carbocycles. The Morgan fingerprint density at radius 1 is 1.00 bits per heavy atom. The van der Waals surface area contributed by atoms with Crippen molar-refractivity contribution in [2.24, 2.45) is 0 Å². The molecule has 0 unspecified atom stereocenters. The summed E-state index contributed by atoms with van der Waals surface area (Å²) < 4.78 is 6.82. The number of hydrogen-bond donors (Lipinski definition) is 1. The van der Waals surface area contributed by atoms with Crippen LogP contribution in [0.1, 0.15) is 16.7 Å². The zero-order chi connectivity index (χ0) is 24.1. The number of thioether (sulfide) groups is 1. The van der Waals surface area contributed by atoms with Crippen LogP contribution in [0.15, 0.2) is 76.7 Å². The molecule has 6 nitrogen and oxygen atoms in total. The molecule has 1 heterocycles. The molecular formula is C27H27N3O3S. The molecule has 0 bridgehead atoms. The Morgan fingerprint density at radius 3 is 2.41 bits per heavy atom. The highest BCUT2D eigenvalue weighted by molar-refractivity contribution is 7.99. The van der Waals surface area contributed by atoms with Crippen LogP contribution < -0.4 is 15.6 Å². The third-order valence-corrected chi connectivity index (χ3v) is 6.57. The number of amides is 1. The molecule has 0 fully saturated rings. The van der Waals surface area contributed by atoms with Crippen LogP contribution >= 0.6 is 11.8 Å². The molecule has 1 aromatic heterocycles. The maximum Gasteiger partial charge on any atom is 0.266 e. The van der Waals surface area contributed by atoms with E-state index in [2.05, 4.69) is 5.32 Å². The first-order valence-electron chi connectivity index (χ1n) is 11.1. The van der Waals surface area contributed by atoms with E-state index in [1.807, 2.05) is 74.5 Å². The van der Waals surface area contributed by atoms with E-state index in [4.69, 9.17) is 9.72 Å². The van der Waals surface area contributed by atoms with Gasteiger partial charge in [-0.1, -0.05) is 54.2 Å². The largest absolute Gasteiger partial charge is 0.497 e. The van der Waals surface area contributed by atoms with Gasteiger partial charge in [-0.3, -0.25) is 14.2 Å². The van der Waals surface area contributed by atoms with Crippen LogP contribution in [0.25, 0.3) is 16.6 Å². The van der Waals surface area contributed by atoms with E-state index in [9.17, 15) is 9.59 Å². The van der Waals surface area contributed by atoms with Gasteiger partial charge in [0.15, 0.2) is 5.16 Å². The minimum atomic E-state index is -0.134. The summed E-state index contributed by atoms with van der Waals surface area (Å²) in [5.41, 5.74) is 4.37. The van der Waals surface area contributed by atoms with E-state index in [0.29, 0.717) is 22.6 Å². The number of hydrogen-bond acceptors (Lipinski definition) is 5. The predicted octanol–water partition coefficient (Wildman–Crippen LogP) is 4.46. The normalized spacial score (nSPS) is 10.9. The van der Waals surface area contributed by atoms with Gasteiger partial charge in [0.1, 0.15) is 5.75 Å². The minimum Gasteiger partial charge on any atom is -0.497 e. The summed E-state index contributed by atoms with van der Waals surface area (Å²) in [6, 6.07) is 21.0. The number of carbonyl (C=O) groups is 1. The fourth-order valence-corrected chi connectivity index (χ4v) is 4.71. The molecule has 0 saturated heterocycles. The molecular weight excluding hydrogens is 446 g/mol. The smallest absolute Gasteiger partial charge is 0.266 e. The summed E-state index contributed by atoms with van der Waals surface area (Å²) in [5.74, 6) is 0.870. The number of carbonyl (C=O) groups excluding carboxylic acids is 1. The first-order chi connectivity index (χ1) is 16.5. The lowest BCUT2D eigenvalue weighted by atomic mass is 10.1. The van der Waals surface area contributed by atoms with Crippen molar-refractivity contribution in [2.75, 3.05) is 19.4 Å². The fraction of sp³-hybridized carbons (Fsp3) is 0.222. The number of fused-ring (bicyclic) bond motifs is 1. The Hall–Kier alpha value is -3.58. The van der Waals surface area contributed by atoms with Crippen LogP contribution in [0, 0.1) is 13.8 Å². The first kappa shape index (κ1) is 23.6. The van der Waals surface area contributed by atoms with Gasteiger partial charge in [-0.15, -0.1) is 0 Å². The van der Waals surface area contributed by atoms with E-state index >= 15 is 0 Å². The average Bonchev–Trinajstić information content (AvgIpc) is 2.84. The molecule has 0 aliphatic rings. The summed E-state index contributed by atoms with van der Waals surface area (Å²) in [7, 11) is 1.64. The van der Waals surface area contributed by atoms with Gasteiger partial charge in [-0.25, -0.2) is 4.98 Å². The molecule has 34 heavy (non-hydrogen) atoms. The van der Waals surface area contributed by atoms with Crippen molar-refractivity contribution in [3.05, 3.63) is 93.8 Å². The second kappa shape index (κ2) is 10.6. The number of aromatic nitrogens is 2. The van der Waals surface area contributed by atoms with Gasteiger partial charge in [0.05, 0.1) is 29.5 Å². The summed E-state index contributed by atoms with van der Waals surface area (Å²) >= 11 is 1.27. The molecule has 0 spiro atoms. The Kier molecular flexibility index (Phi) is 7.33. The van der Waals surface area contributed by atoms with E-state index in [-0.39, 0.29) is 17.2 Å². The molecule has 0 saturated carbocycles. The number of benzene rings is 3. The van der Waals surface area contributed by atoms with E-state index in [1.165, 1.54) is 11.8 Å². The quantitative estimate of drug-likeness (QED) is 0.302. The van der Waals surface area contributed by atoms with Crippen molar-refractivity contribution in [3.63, 3.8) is 0 Å². The van der Waals surface area contributed by atoms with E-state index in [1.54, 1.807) is 17.7 Å². The SMILES string of the molecule is COc1ccc(CCNC(=O)CSc2nc3ccccc3c(=O)n2-c2c(C)cccc2C)cc1. The third kappa shape index (κ3) is 5.15. The van der Waals surface area contributed by atoms with Gasteiger partial charge in [-0.2, -0.15) is 0 Å². The molecule has 1 amide bonds. The molecule has 0 aliphatic carbocycles. The number of nitrogens with one attached hydrogen (secondary N) is 1. The maximum atomic E-state index is 13.5. The van der Waals surface area contributed by atoms with Crippen molar-refractivity contribution in [1.29, 1.82) is 0 Å². The molecule has 4 aromatic rings. The molecule has 0 radical (unpaired) electrons. The average molecular weight is 474 g/mol. The van der Waals surface area contributed by atoms with Crippen molar-refractivity contribution in [3.8, 4) is 11.4 Å².